The van der Waals surface area contributed by atoms with Crippen molar-refractivity contribution in [3.8, 4) is 5.75 Å². The molecule has 1 aromatic heterocycles. The second-order valence-corrected chi connectivity index (χ2v) is 3.59. The molecule has 1 aromatic carbocycles. The van der Waals surface area contributed by atoms with E-state index in [1.165, 1.54) is 0 Å². The molecular formula is C13H16N2O2. The number of nitrogens with one attached hydrogen (secondary N) is 1. The van der Waals surface area contributed by atoms with Crippen molar-refractivity contribution < 1.29 is 9.15 Å². The van der Waals surface area contributed by atoms with Crippen LogP contribution in [0.15, 0.2) is 47.1 Å². The summed E-state index contributed by atoms with van der Waals surface area (Å²) in [5.41, 5.74) is 3.71. The first-order valence-electron chi connectivity index (χ1n) is 5.58. The Morgan fingerprint density at radius 1 is 1.29 bits per heavy atom. The zero-order valence-corrected chi connectivity index (χ0v) is 9.72. The van der Waals surface area contributed by atoms with Gasteiger partial charge in [0.05, 0.1) is 12.9 Å². The molecule has 0 spiro atoms. The highest BCUT2D eigenvalue weighted by molar-refractivity contribution is 5.39. The van der Waals surface area contributed by atoms with Crippen molar-refractivity contribution in [3.63, 3.8) is 0 Å². The van der Waals surface area contributed by atoms with Gasteiger partial charge in [-0.25, -0.2) is 5.43 Å². The summed E-state index contributed by atoms with van der Waals surface area (Å²) < 4.78 is 11.0. The van der Waals surface area contributed by atoms with Gasteiger partial charge in [0.2, 0.25) is 0 Å². The average molecular weight is 232 g/mol. The van der Waals surface area contributed by atoms with E-state index in [0.29, 0.717) is 6.61 Å². The number of nitrogens with two attached hydrogens (primary N) is 1. The first-order chi connectivity index (χ1) is 8.36. The Balaban J connectivity index is 2.37. The molecule has 4 nitrogen and oxygen atoms in total. The molecular weight excluding hydrogens is 216 g/mol. The van der Waals surface area contributed by atoms with Gasteiger partial charge in [-0.3, -0.25) is 5.84 Å². The third-order valence-corrected chi connectivity index (χ3v) is 2.52. The van der Waals surface area contributed by atoms with Gasteiger partial charge in [0.1, 0.15) is 17.6 Å². The van der Waals surface area contributed by atoms with Crippen molar-refractivity contribution in [2.24, 2.45) is 5.84 Å². The van der Waals surface area contributed by atoms with Crippen LogP contribution in [0, 0.1) is 0 Å². The van der Waals surface area contributed by atoms with Crippen molar-refractivity contribution in [1.29, 1.82) is 0 Å². The molecule has 0 aliphatic carbocycles. The highest BCUT2D eigenvalue weighted by Gasteiger charge is 2.18. The Kier molecular flexibility index (Phi) is 3.80. The maximum absolute atomic E-state index is 5.60. The first kappa shape index (κ1) is 11.7. The molecule has 17 heavy (non-hydrogen) atoms. The van der Waals surface area contributed by atoms with E-state index < -0.39 is 0 Å². The molecule has 2 rings (SSSR count). The van der Waals surface area contributed by atoms with Gasteiger partial charge in [0, 0.05) is 5.56 Å². The van der Waals surface area contributed by atoms with Crippen LogP contribution in [0.4, 0.5) is 0 Å². The predicted octanol–water partition coefficient (Wildman–Crippen LogP) is 2.23. The molecule has 4 heteroatoms. The number of hydrogen-bond donors (Lipinski definition) is 2. The Hall–Kier alpha value is -1.78. The van der Waals surface area contributed by atoms with Crippen molar-refractivity contribution in [3.05, 3.63) is 54.0 Å². The topological polar surface area (TPSA) is 60.4 Å². The summed E-state index contributed by atoms with van der Waals surface area (Å²) in [5.74, 6) is 7.17. The van der Waals surface area contributed by atoms with Crippen LogP contribution in [0.3, 0.4) is 0 Å². The summed E-state index contributed by atoms with van der Waals surface area (Å²) in [7, 11) is 0. The maximum Gasteiger partial charge on any atom is 0.126 e. The van der Waals surface area contributed by atoms with Crippen molar-refractivity contribution in [2.75, 3.05) is 6.61 Å². The van der Waals surface area contributed by atoms with Crippen molar-refractivity contribution in [2.45, 2.75) is 13.0 Å². The van der Waals surface area contributed by atoms with Gasteiger partial charge < -0.3 is 9.15 Å². The number of para-hydroxylation sites is 1. The fourth-order valence-corrected chi connectivity index (χ4v) is 1.79. The third-order valence-electron chi connectivity index (χ3n) is 2.52. The molecule has 1 heterocycles. The SMILES string of the molecule is CCOc1ccccc1C(NN)c1ccco1. The number of hydrogen-bond acceptors (Lipinski definition) is 4. The van der Waals surface area contributed by atoms with Gasteiger partial charge in [0.25, 0.3) is 0 Å². The molecule has 0 bridgehead atoms. The van der Waals surface area contributed by atoms with Crippen LogP contribution in [0.25, 0.3) is 0 Å². The highest BCUT2D eigenvalue weighted by atomic mass is 16.5. The summed E-state index contributed by atoms with van der Waals surface area (Å²) in [6.07, 6.45) is 1.63. The van der Waals surface area contributed by atoms with Crippen LogP contribution in [-0.4, -0.2) is 6.61 Å². The quantitative estimate of drug-likeness (QED) is 0.613. The van der Waals surface area contributed by atoms with Gasteiger partial charge in [0.15, 0.2) is 0 Å². The Morgan fingerprint density at radius 2 is 2.12 bits per heavy atom. The molecule has 0 amide bonds. The zero-order valence-electron chi connectivity index (χ0n) is 9.72. The molecule has 0 aliphatic rings. The molecule has 3 N–H and O–H groups in total. The summed E-state index contributed by atoms with van der Waals surface area (Å²) in [5, 5.41) is 0. The van der Waals surface area contributed by atoms with Gasteiger partial charge >= 0.3 is 0 Å². The number of ether oxygens (including phenoxy) is 1. The largest absolute Gasteiger partial charge is 0.494 e. The second-order valence-electron chi connectivity index (χ2n) is 3.59. The predicted molar refractivity (Wildman–Crippen MR) is 65.5 cm³/mol. The minimum atomic E-state index is -0.201. The summed E-state index contributed by atoms with van der Waals surface area (Å²) in [4.78, 5) is 0. The second kappa shape index (κ2) is 5.52. The summed E-state index contributed by atoms with van der Waals surface area (Å²) >= 11 is 0. The number of furan rings is 1. The van der Waals surface area contributed by atoms with Gasteiger partial charge in [-0.15, -0.1) is 0 Å². The minimum Gasteiger partial charge on any atom is -0.494 e. The van der Waals surface area contributed by atoms with E-state index in [0.717, 1.165) is 17.1 Å². The average Bonchev–Trinajstić information content (AvgIpc) is 2.86. The van der Waals surface area contributed by atoms with E-state index in [1.54, 1.807) is 6.26 Å². The molecule has 1 unspecified atom stereocenters. The van der Waals surface area contributed by atoms with Crippen molar-refractivity contribution >= 4 is 0 Å². The van der Waals surface area contributed by atoms with E-state index in [-0.39, 0.29) is 6.04 Å². The highest BCUT2D eigenvalue weighted by Crippen LogP contribution is 2.29. The van der Waals surface area contributed by atoms with E-state index in [9.17, 15) is 0 Å². The minimum absolute atomic E-state index is 0.201. The van der Waals surface area contributed by atoms with Crippen LogP contribution in [0.5, 0.6) is 5.75 Å². The van der Waals surface area contributed by atoms with Gasteiger partial charge in [-0.1, -0.05) is 18.2 Å². The van der Waals surface area contributed by atoms with Crippen LogP contribution >= 0.6 is 0 Å². The van der Waals surface area contributed by atoms with E-state index in [2.05, 4.69) is 5.43 Å². The van der Waals surface area contributed by atoms with Crippen LogP contribution in [0.1, 0.15) is 24.3 Å². The monoisotopic (exact) mass is 232 g/mol. The van der Waals surface area contributed by atoms with Gasteiger partial charge in [-0.05, 0) is 25.1 Å². The lowest BCUT2D eigenvalue weighted by Gasteiger charge is -2.17. The molecule has 0 saturated heterocycles. The van der Waals surface area contributed by atoms with Crippen molar-refractivity contribution in [1.82, 2.24) is 5.43 Å². The molecule has 0 aliphatic heterocycles. The van der Waals surface area contributed by atoms with Gasteiger partial charge in [-0.2, -0.15) is 0 Å². The normalized spacial score (nSPS) is 12.4. The Labute approximate surface area is 100 Å². The number of rotatable bonds is 5. The lowest BCUT2D eigenvalue weighted by molar-refractivity contribution is 0.330. The molecule has 0 radical (unpaired) electrons. The number of benzene rings is 1. The fourth-order valence-electron chi connectivity index (χ4n) is 1.79. The van der Waals surface area contributed by atoms with Crippen LogP contribution in [-0.2, 0) is 0 Å². The van der Waals surface area contributed by atoms with E-state index in [1.807, 2.05) is 43.3 Å². The van der Waals surface area contributed by atoms with E-state index >= 15 is 0 Å². The van der Waals surface area contributed by atoms with Crippen LogP contribution in [0.2, 0.25) is 0 Å². The molecule has 2 aromatic rings. The first-order valence-corrected chi connectivity index (χ1v) is 5.58. The Bertz CT molecular complexity index is 454. The lowest BCUT2D eigenvalue weighted by Crippen LogP contribution is -2.28. The summed E-state index contributed by atoms with van der Waals surface area (Å²) in [6, 6.07) is 11.3. The lowest BCUT2D eigenvalue weighted by atomic mass is 10.0. The van der Waals surface area contributed by atoms with Crippen LogP contribution < -0.4 is 16.0 Å². The molecule has 0 fully saturated rings. The smallest absolute Gasteiger partial charge is 0.126 e. The summed E-state index contributed by atoms with van der Waals surface area (Å²) in [6.45, 7) is 2.57. The zero-order chi connectivity index (χ0) is 12.1. The molecule has 1 atom stereocenters. The Morgan fingerprint density at radius 3 is 2.76 bits per heavy atom. The molecule has 0 saturated carbocycles. The number of hydrazine groups is 1. The third kappa shape index (κ3) is 2.49. The maximum atomic E-state index is 5.60. The molecule has 90 valence electrons. The fraction of sp³-hybridized carbons (Fsp3) is 0.231. The standard InChI is InChI=1S/C13H16N2O2/c1-2-16-11-7-4-3-6-10(11)13(15-14)12-8-5-9-17-12/h3-9,13,15H,2,14H2,1H3. The van der Waals surface area contributed by atoms with E-state index in [4.69, 9.17) is 15.0 Å².